The molecule has 2 rings (SSSR count). The van der Waals surface area contributed by atoms with Crippen molar-refractivity contribution in [1.29, 1.82) is 0 Å². The first-order chi connectivity index (χ1) is 7.93. The summed E-state index contributed by atoms with van der Waals surface area (Å²) < 4.78 is 0. The van der Waals surface area contributed by atoms with E-state index in [-0.39, 0.29) is 0 Å². The summed E-state index contributed by atoms with van der Waals surface area (Å²) >= 11 is 1.96. The van der Waals surface area contributed by atoms with Gasteiger partial charge in [-0.3, -0.25) is 4.98 Å². The van der Waals surface area contributed by atoms with Crippen LogP contribution in [-0.4, -0.2) is 16.9 Å². The predicted molar refractivity (Wildman–Crippen MR) is 76.1 cm³/mol. The zero-order chi connectivity index (χ0) is 12.7. The zero-order valence-electron chi connectivity index (χ0n) is 11.7. The van der Waals surface area contributed by atoms with Crippen LogP contribution in [0.15, 0.2) is 4.90 Å². The Morgan fingerprint density at radius 2 is 1.82 bits per heavy atom. The highest BCUT2D eigenvalue weighted by molar-refractivity contribution is 8.00. The molecule has 0 atom stereocenters. The molecule has 0 aliphatic carbocycles. The van der Waals surface area contributed by atoms with E-state index in [2.05, 4.69) is 46.4 Å². The molecule has 0 spiro atoms. The first-order valence-electron chi connectivity index (χ1n) is 6.34. The van der Waals surface area contributed by atoms with Gasteiger partial charge in [-0.25, -0.2) is 0 Å². The first-order valence-corrected chi connectivity index (χ1v) is 7.32. The summed E-state index contributed by atoms with van der Waals surface area (Å²) in [5.41, 5.74) is 5.20. The second-order valence-corrected chi connectivity index (χ2v) is 6.33. The Balaban J connectivity index is 2.64. The number of hydrogen-bond acceptors (Lipinski definition) is 3. The summed E-state index contributed by atoms with van der Waals surface area (Å²) in [7, 11) is 0. The molecule has 0 saturated heterocycles. The van der Waals surface area contributed by atoms with Crippen molar-refractivity contribution in [2.24, 2.45) is 0 Å². The Hall–Kier alpha value is -0.700. The summed E-state index contributed by atoms with van der Waals surface area (Å²) in [5, 5.41) is 0. The molecular weight excluding hydrogens is 228 g/mol. The van der Waals surface area contributed by atoms with E-state index in [0.29, 0.717) is 12.0 Å². The quantitative estimate of drug-likeness (QED) is 0.786. The number of anilines is 1. The van der Waals surface area contributed by atoms with E-state index in [0.717, 1.165) is 5.88 Å². The van der Waals surface area contributed by atoms with Gasteiger partial charge in [0.15, 0.2) is 0 Å². The van der Waals surface area contributed by atoms with E-state index in [4.69, 9.17) is 4.98 Å². The third kappa shape index (κ3) is 2.05. The summed E-state index contributed by atoms with van der Waals surface area (Å²) in [6.07, 6.45) is 0. The van der Waals surface area contributed by atoms with E-state index in [1.807, 2.05) is 11.8 Å². The lowest BCUT2D eigenvalue weighted by Gasteiger charge is -2.26. The number of rotatable bonds is 2. The molecular formula is C14H22N2S. The topological polar surface area (TPSA) is 16.1 Å². The smallest absolute Gasteiger partial charge is 0.0739 e. The zero-order valence-corrected chi connectivity index (χ0v) is 12.5. The third-order valence-electron chi connectivity index (χ3n) is 3.43. The van der Waals surface area contributed by atoms with Crippen LogP contribution in [0.25, 0.3) is 0 Å². The fraction of sp³-hybridized carbons (Fsp3) is 0.643. The van der Waals surface area contributed by atoms with Crippen molar-refractivity contribution >= 4 is 17.4 Å². The van der Waals surface area contributed by atoms with Crippen molar-refractivity contribution in [1.82, 2.24) is 4.98 Å². The number of pyridine rings is 1. The highest BCUT2D eigenvalue weighted by atomic mass is 32.2. The number of aromatic nitrogens is 1. The molecule has 2 nitrogen and oxygen atoms in total. The lowest BCUT2D eigenvalue weighted by molar-refractivity contribution is 0.718. The third-order valence-corrected chi connectivity index (χ3v) is 4.63. The maximum Gasteiger partial charge on any atom is 0.0739 e. The number of nitrogens with zero attached hydrogens (tertiary/aromatic N) is 2. The van der Waals surface area contributed by atoms with Crippen molar-refractivity contribution in [3.63, 3.8) is 0 Å². The van der Waals surface area contributed by atoms with Crippen LogP contribution >= 0.6 is 11.8 Å². The van der Waals surface area contributed by atoms with Crippen LogP contribution < -0.4 is 4.90 Å². The van der Waals surface area contributed by atoms with Crippen molar-refractivity contribution in [2.75, 3.05) is 10.8 Å². The van der Waals surface area contributed by atoms with Crippen molar-refractivity contribution in [3.05, 3.63) is 17.0 Å². The molecule has 0 aromatic carbocycles. The molecule has 3 heteroatoms. The molecule has 2 heterocycles. The number of hydrogen-bond donors (Lipinski definition) is 0. The standard InChI is InChI=1S/C14H22N2S/c1-8(2)12-13-14(10(5)11(6)15-12)17-7-16(13)9(3)4/h8-9H,7H2,1-6H3. The van der Waals surface area contributed by atoms with Crippen LogP contribution in [0.4, 0.5) is 5.69 Å². The van der Waals surface area contributed by atoms with Crippen LogP contribution in [0, 0.1) is 13.8 Å². The number of fused-ring (bicyclic) bond motifs is 1. The Bertz CT molecular complexity index is 438. The predicted octanol–water partition coefficient (Wildman–Crippen LogP) is 4.10. The monoisotopic (exact) mass is 250 g/mol. The number of thioether (sulfide) groups is 1. The van der Waals surface area contributed by atoms with E-state index in [9.17, 15) is 0 Å². The average Bonchev–Trinajstić information content (AvgIpc) is 2.67. The molecule has 1 aliphatic rings. The lowest BCUT2D eigenvalue weighted by Crippen LogP contribution is -2.28. The van der Waals surface area contributed by atoms with E-state index >= 15 is 0 Å². The fourth-order valence-corrected chi connectivity index (χ4v) is 3.66. The van der Waals surface area contributed by atoms with Gasteiger partial charge in [-0.2, -0.15) is 0 Å². The molecule has 0 saturated carbocycles. The first kappa shape index (κ1) is 12.7. The van der Waals surface area contributed by atoms with Crippen molar-refractivity contribution in [2.45, 2.75) is 58.4 Å². The van der Waals surface area contributed by atoms with Crippen LogP contribution in [0.5, 0.6) is 0 Å². The summed E-state index contributed by atoms with van der Waals surface area (Å²) in [6, 6.07) is 0.546. The highest BCUT2D eigenvalue weighted by Gasteiger charge is 2.29. The average molecular weight is 250 g/mol. The Labute approximate surface area is 109 Å². The summed E-state index contributed by atoms with van der Waals surface area (Å²) in [6.45, 7) is 13.3. The van der Waals surface area contributed by atoms with E-state index in [1.165, 1.54) is 27.5 Å². The van der Waals surface area contributed by atoms with Gasteiger partial charge in [0.05, 0.1) is 17.3 Å². The van der Waals surface area contributed by atoms with Crippen molar-refractivity contribution < 1.29 is 0 Å². The lowest BCUT2D eigenvalue weighted by atomic mass is 10.0. The van der Waals surface area contributed by atoms with Crippen molar-refractivity contribution in [3.8, 4) is 0 Å². The summed E-state index contributed by atoms with van der Waals surface area (Å²) in [5.74, 6) is 1.56. The Morgan fingerprint density at radius 1 is 1.18 bits per heavy atom. The SMILES string of the molecule is Cc1nc(C(C)C)c2c(c1C)SCN2C(C)C. The van der Waals surface area contributed by atoms with Gasteiger partial charge >= 0.3 is 0 Å². The molecule has 17 heavy (non-hydrogen) atoms. The normalized spacial score (nSPS) is 14.9. The van der Waals surface area contributed by atoms with Gasteiger partial charge in [0.1, 0.15) is 0 Å². The minimum absolute atomic E-state index is 0.489. The molecule has 94 valence electrons. The van der Waals surface area contributed by atoms with Crippen LogP contribution in [0.3, 0.4) is 0 Å². The molecule has 1 aliphatic heterocycles. The van der Waals surface area contributed by atoms with Crippen LogP contribution in [0.1, 0.15) is 50.6 Å². The van der Waals surface area contributed by atoms with Crippen LogP contribution in [0.2, 0.25) is 0 Å². The molecule has 0 N–H and O–H groups in total. The fourth-order valence-electron chi connectivity index (χ4n) is 2.24. The molecule has 0 unspecified atom stereocenters. The minimum Gasteiger partial charge on any atom is -0.357 e. The Morgan fingerprint density at radius 3 is 2.35 bits per heavy atom. The van der Waals surface area contributed by atoms with Gasteiger partial charge in [0.2, 0.25) is 0 Å². The van der Waals surface area contributed by atoms with Gasteiger partial charge in [0.25, 0.3) is 0 Å². The van der Waals surface area contributed by atoms with Gasteiger partial charge in [0, 0.05) is 16.6 Å². The molecule has 1 aromatic rings. The van der Waals surface area contributed by atoms with Crippen LogP contribution in [-0.2, 0) is 0 Å². The van der Waals surface area contributed by atoms with Gasteiger partial charge < -0.3 is 4.90 Å². The summed E-state index contributed by atoms with van der Waals surface area (Å²) in [4.78, 5) is 8.76. The molecule has 0 amide bonds. The molecule has 1 aromatic heterocycles. The van der Waals surface area contributed by atoms with E-state index < -0.39 is 0 Å². The molecule has 0 bridgehead atoms. The minimum atomic E-state index is 0.489. The second-order valence-electron chi connectivity index (χ2n) is 5.38. The van der Waals surface area contributed by atoms with E-state index in [1.54, 1.807) is 0 Å². The molecule has 0 fully saturated rings. The second kappa shape index (κ2) is 4.52. The maximum atomic E-state index is 4.82. The Kier molecular flexibility index (Phi) is 3.39. The van der Waals surface area contributed by atoms with Gasteiger partial charge in [-0.05, 0) is 39.2 Å². The highest BCUT2D eigenvalue weighted by Crippen LogP contribution is 2.45. The van der Waals surface area contributed by atoms with Gasteiger partial charge in [-0.15, -0.1) is 11.8 Å². The number of aryl methyl sites for hydroxylation is 1. The van der Waals surface area contributed by atoms with Gasteiger partial charge in [-0.1, -0.05) is 13.8 Å². The molecule has 0 radical (unpaired) electrons. The maximum absolute atomic E-state index is 4.82. The largest absolute Gasteiger partial charge is 0.357 e.